The molecule has 0 saturated carbocycles. The fourth-order valence-electron chi connectivity index (χ4n) is 3.81. The highest BCUT2D eigenvalue weighted by molar-refractivity contribution is 5.96. The molecule has 4 rings (SSSR count). The Balaban J connectivity index is 1.62. The van der Waals surface area contributed by atoms with Gasteiger partial charge in [0.05, 0.1) is 12.0 Å². The van der Waals surface area contributed by atoms with E-state index in [2.05, 4.69) is 52.5 Å². The molecule has 1 heterocycles. The van der Waals surface area contributed by atoms with Gasteiger partial charge in [-0.15, -0.1) is 0 Å². The largest absolute Gasteiger partial charge is 0.351 e. The molecule has 30 heavy (non-hydrogen) atoms. The minimum absolute atomic E-state index is 0.0986. The first-order valence-corrected chi connectivity index (χ1v) is 10.3. The van der Waals surface area contributed by atoms with E-state index in [9.17, 15) is 4.79 Å². The predicted octanol–water partition coefficient (Wildman–Crippen LogP) is 5.45. The molecule has 0 bridgehead atoms. The molecule has 0 fully saturated rings. The number of carbonyl (C=O) groups is 1. The first kappa shape index (κ1) is 19.7. The summed E-state index contributed by atoms with van der Waals surface area (Å²) >= 11 is 0. The average Bonchev–Trinajstić information content (AvgIpc) is 3.33. The Bertz CT molecular complexity index is 1120. The number of imidazole rings is 1. The highest BCUT2D eigenvalue weighted by Gasteiger charge is 2.17. The third kappa shape index (κ3) is 4.06. The molecule has 0 saturated heterocycles. The molecule has 5 heteroatoms. The fourth-order valence-corrected chi connectivity index (χ4v) is 3.81. The van der Waals surface area contributed by atoms with Crippen LogP contribution in [-0.4, -0.2) is 22.5 Å². The van der Waals surface area contributed by atoms with Crippen LogP contribution in [0.2, 0.25) is 0 Å². The van der Waals surface area contributed by atoms with Gasteiger partial charge in [-0.2, -0.15) is 0 Å². The summed E-state index contributed by atoms with van der Waals surface area (Å²) in [5.74, 6) is 0.150. The zero-order valence-corrected chi connectivity index (χ0v) is 17.3. The summed E-state index contributed by atoms with van der Waals surface area (Å²) in [4.78, 5) is 22.1. The molecule has 0 spiro atoms. The zero-order chi connectivity index (χ0) is 20.9. The number of anilines is 1. The second-order valence-corrected chi connectivity index (χ2v) is 7.36. The van der Waals surface area contributed by atoms with Crippen LogP contribution in [0.25, 0.3) is 10.8 Å². The minimum atomic E-state index is -0.0986. The van der Waals surface area contributed by atoms with E-state index in [0.717, 1.165) is 27.7 Å². The van der Waals surface area contributed by atoms with Crippen molar-refractivity contribution in [2.75, 3.05) is 11.4 Å². The number of amides is 2. The van der Waals surface area contributed by atoms with E-state index < -0.39 is 0 Å². The maximum atomic E-state index is 12.9. The van der Waals surface area contributed by atoms with Gasteiger partial charge in [0.25, 0.3) is 0 Å². The van der Waals surface area contributed by atoms with Crippen LogP contribution >= 0.6 is 0 Å². The molecule has 2 N–H and O–H groups in total. The number of hydrogen-bond acceptors (Lipinski definition) is 2. The summed E-state index contributed by atoms with van der Waals surface area (Å²) in [6, 6.07) is 22.4. The summed E-state index contributed by atoms with van der Waals surface area (Å²) in [7, 11) is 0. The van der Waals surface area contributed by atoms with Gasteiger partial charge in [-0.1, -0.05) is 61.5 Å². The molecule has 0 aliphatic heterocycles. The highest BCUT2D eigenvalue weighted by atomic mass is 16.2. The third-order valence-corrected chi connectivity index (χ3v) is 5.49. The first-order chi connectivity index (χ1) is 14.7. The molecule has 1 atom stereocenters. The maximum absolute atomic E-state index is 12.9. The lowest BCUT2D eigenvalue weighted by Gasteiger charge is -2.23. The van der Waals surface area contributed by atoms with Crippen molar-refractivity contribution in [3.05, 3.63) is 96.1 Å². The van der Waals surface area contributed by atoms with E-state index in [4.69, 9.17) is 0 Å². The van der Waals surface area contributed by atoms with E-state index in [0.29, 0.717) is 13.1 Å². The Kier molecular flexibility index (Phi) is 5.80. The van der Waals surface area contributed by atoms with Crippen molar-refractivity contribution in [2.45, 2.75) is 26.3 Å². The predicted molar refractivity (Wildman–Crippen MR) is 122 cm³/mol. The summed E-state index contributed by atoms with van der Waals surface area (Å²) in [6.07, 6.45) is 3.64. The number of aromatic nitrogens is 2. The van der Waals surface area contributed by atoms with Crippen molar-refractivity contribution in [1.29, 1.82) is 0 Å². The standard InChI is InChI=1S/C25H26N4O/c1-3-29(25(30)27-15-19-8-5-4-6-9-19)21-13-12-20-10-7-11-22(23(20)14-21)18(2)24-16-26-17-28-24/h4-14,16-18H,3,15H2,1-2H3,(H,26,28)(H,27,30). The third-order valence-electron chi connectivity index (χ3n) is 5.49. The van der Waals surface area contributed by atoms with Crippen LogP contribution in [0.1, 0.15) is 36.6 Å². The van der Waals surface area contributed by atoms with E-state index in [-0.39, 0.29) is 11.9 Å². The molecule has 2 amide bonds. The van der Waals surface area contributed by atoms with E-state index >= 15 is 0 Å². The lowest BCUT2D eigenvalue weighted by Crippen LogP contribution is -2.39. The summed E-state index contributed by atoms with van der Waals surface area (Å²) in [5.41, 5.74) is 4.16. The lowest BCUT2D eigenvalue weighted by molar-refractivity contribution is 0.246. The Hall–Kier alpha value is -3.60. The van der Waals surface area contributed by atoms with Crippen LogP contribution in [0.5, 0.6) is 0 Å². The monoisotopic (exact) mass is 398 g/mol. The van der Waals surface area contributed by atoms with Gasteiger partial charge < -0.3 is 10.3 Å². The SMILES string of the molecule is CCN(C(=O)NCc1ccccc1)c1ccc2cccc(C(C)c3c[nH]cn3)c2c1. The second-order valence-electron chi connectivity index (χ2n) is 7.36. The van der Waals surface area contributed by atoms with Gasteiger partial charge in [0.2, 0.25) is 0 Å². The minimum Gasteiger partial charge on any atom is -0.351 e. The molecule has 3 aromatic carbocycles. The first-order valence-electron chi connectivity index (χ1n) is 10.3. The van der Waals surface area contributed by atoms with Crippen molar-refractivity contribution < 1.29 is 4.79 Å². The van der Waals surface area contributed by atoms with E-state index in [1.54, 1.807) is 11.2 Å². The summed E-state index contributed by atoms with van der Waals surface area (Å²) < 4.78 is 0. The number of fused-ring (bicyclic) bond motifs is 1. The summed E-state index contributed by atoms with van der Waals surface area (Å²) in [5, 5.41) is 5.32. The van der Waals surface area contributed by atoms with E-state index in [1.807, 2.05) is 49.5 Å². The number of aromatic amines is 1. The molecule has 152 valence electrons. The molecule has 5 nitrogen and oxygen atoms in total. The number of H-pyrrole nitrogens is 1. The Morgan fingerprint density at radius 1 is 1.10 bits per heavy atom. The van der Waals surface area contributed by atoms with Crippen LogP contribution in [0.15, 0.2) is 79.3 Å². The molecule has 4 aromatic rings. The number of benzene rings is 3. The number of hydrogen-bond donors (Lipinski definition) is 2. The smallest absolute Gasteiger partial charge is 0.322 e. The molecule has 0 aliphatic rings. The van der Waals surface area contributed by atoms with Crippen molar-refractivity contribution in [2.24, 2.45) is 0 Å². The highest BCUT2D eigenvalue weighted by Crippen LogP contribution is 2.32. The van der Waals surface area contributed by atoms with Crippen LogP contribution < -0.4 is 10.2 Å². The van der Waals surface area contributed by atoms with Gasteiger partial charge in [-0.25, -0.2) is 9.78 Å². The molecule has 1 aromatic heterocycles. The van der Waals surface area contributed by atoms with Gasteiger partial charge in [0, 0.05) is 30.9 Å². The van der Waals surface area contributed by atoms with Crippen molar-refractivity contribution in [3.63, 3.8) is 0 Å². The number of rotatable bonds is 6. The molecule has 1 unspecified atom stereocenters. The lowest BCUT2D eigenvalue weighted by atomic mass is 9.92. The van der Waals surface area contributed by atoms with Crippen LogP contribution in [0.4, 0.5) is 10.5 Å². The number of nitrogens with one attached hydrogen (secondary N) is 2. The average molecular weight is 399 g/mol. The summed E-state index contributed by atoms with van der Waals surface area (Å²) in [6.45, 7) is 5.24. The van der Waals surface area contributed by atoms with Crippen molar-refractivity contribution in [1.82, 2.24) is 15.3 Å². The second kappa shape index (κ2) is 8.82. The van der Waals surface area contributed by atoms with Crippen LogP contribution in [0, 0.1) is 0 Å². The van der Waals surface area contributed by atoms with Crippen LogP contribution in [-0.2, 0) is 6.54 Å². The van der Waals surface area contributed by atoms with Crippen molar-refractivity contribution in [3.8, 4) is 0 Å². The van der Waals surface area contributed by atoms with Crippen LogP contribution in [0.3, 0.4) is 0 Å². The fraction of sp³-hybridized carbons (Fsp3) is 0.200. The molecular weight excluding hydrogens is 372 g/mol. The van der Waals surface area contributed by atoms with Crippen molar-refractivity contribution >= 4 is 22.5 Å². The number of urea groups is 1. The van der Waals surface area contributed by atoms with Gasteiger partial charge in [0.1, 0.15) is 0 Å². The maximum Gasteiger partial charge on any atom is 0.322 e. The Morgan fingerprint density at radius 3 is 2.67 bits per heavy atom. The van der Waals surface area contributed by atoms with E-state index in [1.165, 1.54) is 5.56 Å². The Labute approximate surface area is 176 Å². The van der Waals surface area contributed by atoms with Gasteiger partial charge in [-0.05, 0) is 41.0 Å². The van der Waals surface area contributed by atoms with Gasteiger partial charge >= 0.3 is 6.03 Å². The molecule has 0 aliphatic carbocycles. The van der Waals surface area contributed by atoms with Gasteiger partial charge in [-0.3, -0.25) is 4.90 Å². The molecule has 0 radical (unpaired) electrons. The normalized spacial score (nSPS) is 11.9. The van der Waals surface area contributed by atoms with Gasteiger partial charge in [0.15, 0.2) is 0 Å². The molecular formula is C25H26N4O. The topological polar surface area (TPSA) is 61.0 Å². The zero-order valence-electron chi connectivity index (χ0n) is 17.3. The quantitative estimate of drug-likeness (QED) is 0.454. The number of nitrogens with zero attached hydrogens (tertiary/aromatic N) is 2. The Morgan fingerprint density at radius 2 is 1.93 bits per heavy atom. The number of carbonyl (C=O) groups excluding carboxylic acids is 1.